The molecule has 1 aromatic rings. The van der Waals surface area contributed by atoms with E-state index in [0.29, 0.717) is 23.8 Å². The standard InChI is InChI=1S/C19H30N2O4S2/c1-26(22,23)20-15-18-9-5-6-14-21(18)27(24,25)19-12-10-17(11-13-19)16-7-3-2-4-8-16/h10-13,16,18,20H,2-9,14-15H2,1H3/t18-/m1/s1. The van der Waals surface area contributed by atoms with Gasteiger partial charge in [-0.15, -0.1) is 0 Å². The van der Waals surface area contributed by atoms with Crippen molar-refractivity contribution < 1.29 is 16.8 Å². The summed E-state index contributed by atoms with van der Waals surface area (Å²) in [5.41, 5.74) is 1.22. The molecule has 1 aliphatic heterocycles. The van der Waals surface area contributed by atoms with E-state index in [1.807, 2.05) is 12.1 Å². The fourth-order valence-electron chi connectivity index (χ4n) is 4.23. The quantitative estimate of drug-likeness (QED) is 0.776. The van der Waals surface area contributed by atoms with Crippen LogP contribution in [-0.2, 0) is 20.0 Å². The van der Waals surface area contributed by atoms with Crippen molar-refractivity contribution >= 4 is 20.0 Å². The zero-order valence-corrected chi connectivity index (χ0v) is 17.6. The van der Waals surface area contributed by atoms with Crippen LogP contribution >= 0.6 is 0 Å². The predicted molar refractivity (Wildman–Crippen MR) is 107 cm³/mol. The Balaban J connectivity index is 1.76. The first kappa shape index (κ1) is 20.8. The van der Waals surface area contributed by atoms with E-state index in [-0.39, 0.29) is 12.6 Å². The van der Waals surface area contributed by atoms with Crippen molar-refractivity contribution in [2.75, 3.05) is 19.3 Å². The van der Waals surface area contributed by atoms with Gasteiger partial charge in [-0.2, -0.15) is 4.31 Å². The van der Waals surface area contributed by atoms with Gasteiger partial charge in [0.15, 0.2) is 0 Å². The highest BCUT2D eigenvalue weighted by molar-refractivity contribution is 7.89. The summed E-state index contributed by atoms with van der Waals surface area (Å²) in [7, 11) is -6.97. The number of piperidine rings is 1. The van der Waals surface area contributed by atoms with Gasteiger partial charge in [-0.25, -0.2) is 21.6 Å². The molecular weight excluding hydrogens is 384 g/mol. The summed E-state index contributed by atoms with van der Waals surface area (Å²) in [6.45, 7) is 0.557. The van der Waals surface area contributed by atoms with Crippen molar-refractivity contribution in [2.45, 2.75) is 68.2 Å². The van der Waals surface area contributed by atoms with Gasteiger partial charge < -0.3 is 0 Å². The van der Waals surface area contributed by atoms with Gasteiger partial charge in [0.05, 0.1) is 11.2 Å². The fourth-order valence-corrected chi connectivity index (χ4v) is 6.41. The van der Waals surface area contributed by atoms with Gasteiger partial charge in [-0.1, -0.05) is 37.8 Å². The van der Waals surface area contributed by atoms with E-state index in [2.05, 4.69) is 4.72 Å². The van der Waals surface area contributed by atoms with Crippen molar-refractivity contribution in [3.8, 4) is 0 Å². The van der Waals surface area contributed by atoms with E-state index in [1.54, 1.807) is 12.1 Å². The molecule has 27 heavy (non-hydrogen) atoms. The molecule has 0 amide bonds. The fraction of sp³-hybridized carbons (Fsp3) is 0.684. The van der Waals surface area contributed by atoms with Crippen LogP contribution in [-0.4, -0.2) is 46.5 Å². The minimum Gasteiger partial charge on any atom is -0.214 e. The molecule has 8 heteroatoms. The molecule has 6 nitrogen and oxygen atoms in total. The van der Waals surface area contributed by atoms with Gasteiger partial charge in [-0.05, 0) is 49.3 Å². The molecule has 1 heterocycles. The third-order valence-electron chi connectivity index (χ3n) is 5.72. The molecule has 1 aliphatic carbocycles. The SMILES string of the molecule is CS(=O)(=O)NC[C@H]1CCCCN1S(=O)(=O)c1ccc(C2CCCCC2)cc1. The summed E-state index contributed by atoms with van der Waals surface area (Å²) >= 11 is 0. The minimum atomic E-state index is -3.63. The van der Waals surface area contributed by atoms with Gasteiger partial charge in [0, 0.05) is 19.1 Å². The Morgan fingerprint density at radius 3 is 2.19 bits per heavy atom. The Labute approximate surface area is 163 Å². The molecule has 1 atom stereocenters. The Hall–Kier alpha value is -0.960. The predicted octanol–water partition coefficient (Wildman–Crippen LogP) is 2.83. The average Bonchev–Trinajstić information content (AvgIpc) is 2.67. The van der Waals surface area contributed by atoms with E-state index < -0.39 is 20.0 Å². The van der Waals surface area contributed by atoms with Gasteiger partial charge in [-0.3, -0.25) is 0 Å². The molecule has 0 aromatic heterocycles. The maximum Gasteiger partial charge on any atom is 0.243 e. The highest BCUT2D eigenvalue weighted by Crippen LogP contribution is 2.33. The first-order chi connectivity index (χ1) is 12.8. The van der Waals surface area contributed by atoms with Crippen molar-refractivity contribution in [1.82, 2.24) is 9.03 Å². The summed E-state index contributed by atoms with van der Waals surface area (Å²) in [5, 5.41) is 0. The Bertz CT molecular complexity index is 829. The summed E-state index contributed by atoms with van der Waals surface area (Å²) in [6.07, 6.45) is 9.61. The average molecular weight is 415 g/mol. The monoisotopic (exact) mass is 414 g/mol. The van der Waals surface area contributed by atoms with Gasteiger partial charge >= 0.3 is 0 Å². The largest absolute Gasteiger partial charge is 0.243 e. The second-order valence-corrected chi connectivity index (χ2v) is 11.5. The lowest BCUT2D eigenvalue weighted by Crippen LogP contribution is -2.49. The lowest BCUT2D eigenvalue weighted by molar-refractivity contribution is 0.253. The molecule has 152 valence electrons. The van der Waals surface area contributed by atoms with Gasteiger partial charge in [0.2, 0.25) is 20.0 Å². The highest BCUT2D eigenvalue weighted by atomic mass is 32.2. The molecule has 1 N–H and O–H groups in total. The second-order valence-electron chi connectivity index (χ2n) is 7.79. The minimum absolute atomic E-state index is 0.123. The topological polar surface area (TPSA) is 83.6 Å². The van der Waals surface area contributed by atoms with E-state index >= 15 is 0 Å². The molecule has 1 saturated heterocycles. The highest BCUT2D eigenvalue weighted by Gasteiger charge is 2.33. The van der Waals surface area contributed by atoms with E-state index in [0.717, 1.165) is 19.1 Å². The summed E-state index contributed by atoms with van der Waals surface area (Å²) in [5.74, 6) is 0.539. The van der Waals surface area contributed by atoms with Crippen LogP contribution in [0.1, 0.15) is 62.8 Å². The first-order valence-electron chi connectivity index (χ1n) is 9.84. The summed E-state index contributed by atoms with van der Waals surface area (Å²) in [4.78, 5) is 0.299. The maximum atomic E-state index is 13.2. The van der Waals surface area contributed by atoms with Crippen molar-refractivity contribution in [3.63, 3.8) is 0 Å². The molecule has 1 aromatic carbocycles. The zero-order valence-electron chi connectivity index (χ0n) is 15.9. The summed E-state index contributed by atoms with van der Waals surface area (Å²) in [6, 6.07) is 7.01. The molecule has 0 unspecified atom stereocenters. The normalized spacial score (nSPS) is 23.4. The number of hydrogen-bond donors (Lipinski definition) is 1. The van der Waals surface area contributed by atoms with Crippen LogP contribution in [0.4, 0.5) is 0 Å². The Morgan fingerprint density at radius 1 is 0.926 bits per heavy atom. The van der Waals surface area contributed by atoms with Gasteiger partial charge in [0.25, 0.3) is 0 Å². The molecule has 0 radical (unpaired) electrons. The van der Waals surface area contributed by atoms with Crippen LogP contribution in [0.15, 0.2) is 29.2 Å². The van der Waals surface area contributed by atoms with Crippen LogP contribution < -0.4 is 4.72 Å². The first-order valence-corrected chi connectivity index (χ1v) is 13.2. The maximum absolute atomic E-state index is 13.2. The van der Waals surface area contributed by atoms with E-state index in [9.17, 15) is 16.8 Å². The Morgan fingerprint density at radius 2 is 1.56 bits per heavy atom. The number of hydrogen-bond acceptors (Lipinski definition) is 4. The molecule has 3 rings (SSSR count). The zero-order chi connectivity index (χ0) is 19.5. The summed E-state index contributed by atoms with van der Waals surface area (Å²) < 4.78 is 53.1. The molecule has 0 spiro atoms. The van der Waals surface area contributed by atoms with Crippen molar-refractivity contribution in [3.05, 3.63) is 29.8 Å². The molecular formula is C19H30N2O4S2. The van der Waals surface area contributed by atoms with E-state index in [1.165, 1.54) is 42.0 Å². The lowest BCUT2D eigenvalue weighted by atomic mass is 9.84. The van der Waals surface area contributed by atoms with Crippen LogP contribution in [0.5, 0.6) is 0 Å². The van der Waals surface area contributed by atoms with Crippen LogP contribution in [0.25, 0.3) is 0 Å². The molecule has 2 aliphatic rings. The second kappa shape index (κ2) is 8.59. The smallest absolute Gasteiger partial charge is 0.214 e. The van der Waals surface area contributed by atoms with Crippen LogP contribution in [0.2, 0.25) is 0 Å². The number of benzene rings is 1. The Kier molecular flexibility index (Phi) is 6.61. The third-order valence-corrected chi connectivity index (χ3v) is 8.37. The number of sulfonamides is 2. The van der Waals surface area contributed by atoms with Crippen LogP contribution in [0, 0.1) is 0 Å². The van der Waals surface area contributed by atoms with Crippen molar-refractivity contribution in [1.29, 1.82) is 0 Å². The number of nitrogens with one attached hydrogen (secondary N) is 1. The van der Waals surface area contributed by atoms with Gasteiger partial charge in [0.1, 0.15) is 0 Å². The van der Waals surface area contributed by atoms with Crippen molar-refractivity contribution in [2.24, 2.45) is 0 Å². The molecule has 1 saturated carbocycles. The number of rotatable bonds is 6. The molecule has 2 fully saturated rings. The number of nitrogens with zero attached hydrogens (tertiary/aromatic N) is 1. The van der Waals surface area contributed by atoms with Crippen LogP contribution in [0.3, 0.4) is 0 Å². The molecule has 0 bridgehead atoms. The lowest BCUT2D eigenvalue weighted by Gasteiger charge is -2.34. The van der Waals surface area contributed by atoms with E-state index in [4.69, 9.17) is 0 Å². The third kappa shape index (κ3) is 5.31.